The number of hydrogen-bond acceptors (Lipinski definition) is 9. The van der Waals surface area contributed by atoms with Crippen molar-refractivity contribution in [2.45, 2.75) is 26.8 Å². The lowest BCUT2D eigenvalue weighted by molar-refractivity contribution is -0.139. The van der Waals surface area contributed by atoms with Crippen molar-refractivity contribution in [1.29, 1.82) is 0 Å². The number of carbonyl (C=O) groups excluding carboxylic acids is 3. The molecule has 1 aliphatic rings. The minimum absolute atomic E-state index is 0.214. The molecule has 0 aromatic heterocycles. The molecule has 2 aromatic carbocycles. The van der Waals surface area contributed by atoms with E-state index in [1.54, 1.807) is 50.2 Å². The van der Waals surface area contributed by atoms with Gasteiger partial charge in [0.1, 0.15) is 5.75 Å². The Balaban J connectivity index is 1.70. The Hall–Kier alpha value is -3.97. The summed E-state index contributed by atoms with van der Waals surface area (Å²) in [6, 6.07) is 9.60. The Kier molecular flexibility index (Phi) is 10.4. The lowest BCUT2D eigenvalue weighted by Crippen LogP contribution is -2.45. The number of methoxy groups -OCH3 is 1. The van der Waals surface area contributed by atoms with Crippen LogP contribution in [0.4, 0.5) is 0 Å². The smallest absolute Gasteiger partial charge is 0.338 e. The maximum atomic E-state index is 12.7. The maximum Gasteiger partial charge on any atom is 0.338 e. The Morgan fingerprint density at radius 3 is 2.64 bits per heavy atom. The molecule has 0 saturated carbocycles. The Labute approximate surface area is 239 Å². The summed E-state index contributed by atoms with van der Waals surface area (Å²) in [7, 11) is 1.44. The number of hydrogen-bond donors (Lipinski definition) is 3. The predicted octanol–water partition coefficient (Wildman–Crippen LogP) is 3.27. The highest BCUT2D eigenvalue weighted by atomic mass is 79.9. The van der Waals surface area contributed by atoms with Crippen LogP contribution in [0.5, 0.6) is 17.2 Å². The summed E-state index contributed by atoms with van der Waals surface area (Å²) in [5.74, 6) is -0.583. The number of halogens is 1. The molecule has 1 heterocycles. The number of benzene rings is 2. The van der Waals surface area contributed by atoms with E-state index in [-0.39, 0.29) is 19.0 Å². The fourth-order valence-electron chi connectivity index (χ4n) is 3.67. The second-order valence-corrected chi connectivity index (χ2v) is 9.30. The van der Waals surface area contributed by atoms with E-state index in [0.29, 0.717) is 43.5 Å². The van der Waals surface area contributed by atoms with E-state index in [1.807, 2.05) is 0 Å². The lowest BCUT2D eigenvalue weighted by atomic mass is 9.95. The Bertz CT molecular complexity index is 1350. The first-order valence-electron chi connectivity index (χ1n) is 11.7. The average molecular weight is 619 g/mol. The van der Waals surface area contributed by atoms with Crippen molar-refractivity contribution < 1.29 is 33.3 Å². The van der Waals surface area contributed by atoms with Gasteiger partial charge in [-0.25, -0.2) is 10.2 Å². The Morgan fingerprint density at radius 2 is 1.95 bits per heavy atom. The molecule has 1 aliphatic heterocycles. The quantitative estimate of drug-likeness (QED) is 0.120. The molecule has 0 unspecified atom stereocenters. The van der Waals surface area contributed by atoms with Crippen molar-refractivity contribution in [1.82, 2.24) is 16.1 Å². The van der Waals surface area contributed by atoms with Crippen molar-refractivity contribution in [3.63, 3.8) is 0 Å². The number of amides is 1. The fourth-order valence-corrected chi connectivity index (χ4v) is 4.48. The zero-order chi connectivity index (χ0) is 28.5. The summed E-state index contributed by atoms with van der Waals surface area (Å²) < 4.78 is 21.9. The van der Waals surface area contributed by atoms with E-state index in [9.17, 15) is 14.4 Å². The van der Waals surface area contributed by atoms with Gasteiger partial charge in [0.05, 0.1) is 36.0 Å². The third-order valence-corrected chi connectivity index (χ3v) is 6.06. The highest BCUT2D eigenvalue weighted by molar-refractivity contribution is 9.10. The van der Waals surface area contributed by atoms with Crippen LogP contribution in [-0.4, -0.2) is 49.5 Å². The second-order valence-electron chi connectivity index (χ2n) is 8.04. The summed E-state index contributed by atoms with van der Waals surface area (Å²) in [6.45, 7) is 4.61. The molecule has 1 atom stereocenters. The van der Waals surface area contributed by atoms with Gasteiger partial charge in [-0.3, -0.25) is 9.59 Å². The van der Waals surface area contributed by atoms with Gasteiger partial charge >= 0.3 is 11.9 Å². The van der Waals surface area contributed by atoms with Gasteiger partial charge in [0, 0.05) is 18.2 Å². The zero-order valence-corrected chi connectivity index (χ0v) is 24.0. The molecule has 2 aromatic rings. The first-order chi connectivity index (χ1) is 18.6. The van der Waals surface area contributed by atoms with Crippen LogP contribution < -0.4 is 30.3 Å². The van der Waals surface area contributed by atoms with Gasteiger partial charge in [0.15, 0.2) is 23.2 Å². The van der Waals surface area contributed by atoms with Crippen molar-refractivity contribution >= 4 is 57.3 Å². The first-order valence-corrected chi connectivity index (χ1v) is 12.9. The van der Waals surface area contributed by atoms with Gasteiger partial charge in [-0.05, 0) is 65.8 Å². The first kappa shape index (κ1) is 29.6. The van der Waals surface area contributed by atoms with Gasteiger partial charge in [-0.1, -0.05) is 18.2 Å². The largest absolute Gasteiger partial charge is 0.493 e. The van der Waals surface area contributed by atoms with E-state index in [4.69, 9.17) is 31.2 Å². The number of thiocarbonyl (C=S) groups is 1. The number of carbonyl (C=O) groups is 3. The van der Waals surface area contributed by atoms with Crippen LogP contribution >= 0.6 is 28.1 Å². The third kappa shape index (κ3) is 7.77. The Morgan fingerprint density at radius 1 is 1.21 bits per heavy atom. The van der Waals surface area contributed by atoms with E-state index in [2.05, 4.69) is 37.1 Å². The molecule has 0 aliphatic carbocycles. The number of hydrazone groups is 1. The van der Waals surface area contributed by atoms with E-state index in [0.717, 1.165) is 0 Å². The average Bonchev–Trinajstić information content (AvgIpc) is 2.88. The highest BCUT2D eigenvalue weighted by Gasteiger charge is 2.32. The number of esters is 2. The molecule has 0 bridgehead atoms. The molecule has 1 amide bonds. The summed E-state index contributed by atoms with van der Waals surface area (Å²) in [6.07, 6.45) is 1.40. The van der Waals surface area contributed by atoms with Gasteiger partial charge in [-0.15, -0.1) is 0 Å². The second kappa shape index (κ2) is 13.7. The number of para-hydroxylation sites is 1. The molecule has 0 fully saturated rings. The normalized spacial score (nSPS) is 14.8. The van der Waals surface area contributed by atoms with E-state index < -0.39 is 23.9 Å². The number of allylic oxidation sites excluding steroid dienone is 1. The summed E-state index contributed by atoms with van der Waals surface area (Å²) in [5, 5.41) is 10.3. The molecule has 39 heavy (non-hydrogen) atoms. The summed E-state index contributed by atoms with van der Waals surface area (Å²) in [5.41, 5.74) is 4.49. The van der Waals surface area contributed by atoms with Gasteiger partial charge in [0.2, 0.25) is 0 Å². The number of nitrogens with one attached hydrogen (secondary N) is 3. The van der Waals surface area contributed by atoms with Gasteiger partial charge < -0.3 is 29.6 Å². The molecule has 0 radical (unpaired) electrons. The van der Waals surface area contributed by atoms with Gasteiger partial charge in [-0.2, -0.15) is 5.10 Å². The van der Waals surface area contributed by atoms with Crippen molar-refractivity contribution in [2.75, 3.05) is 20.3 Å². The number of ether oxygens (including phenoxy) is 4. The molecule has 3 rings (SSSR count). The monoisotopic (exact) mass is 618 g/mol. The van der Waals surface area contributed by atoms with Crippen LogP contribution in [0.2, 0.25) is 0 Å². The number of rotatable bonds is 10. The standard InChI is InChI=1S/C26H27BrN4O7S/c1-5-36-25(34)22-14(2)29-26(39)30-23(22)17-8-6-7-9-19(17)37-13-21(33)31-28-12-16-10-18(27)24(38-15(3)32)20(11-16)35-4/h6-12,23H,5,13H2,1-4H3,(H,31,33)(H2,29,30,39)/t23-/m1/s1. The molecular formula is C26H27BrN4O7S. The summed E-state index contributed by atoms with van der Waals surface area (Å²) >= 11 is 8.62. The minimum atomic E-state index is -0.640. The van der Waals surface area contributed by atoms with Crippen LogP contribution in [0, 0.1) is 0 Å². The van der Waals surface area contributed by atoms with Crippen molar-refractivity contribution in [3.8, 4) is 17.2 Å². The molecule has 3 N–H and O–H groups in total. The topological polar surface area (TPSA) is 137 Å². The van der Waals surface area contributed by atoms with Crippen LogP contribution in [0.3, 0.4) is 0 Å². The van der Waals surface area contributed by atoms with Crippen LogP contribution in [0.15, 0.2) is 57.2 Å². The van der Waals surface area contributed by atoms with E-state index >= 15 is 0 Å². The van der Waals surface area contributed by atoms with E-state index in [1.165, 1.54) is 20.2 Å². The van der Waals surface area contributed by atoms with Gasteiger partial charge in [0.25, 0.3) is 5.91 Å². The fraction of sp³-hybridized carbons (Fsp3) is 0.269. The zero-order valence-electron chi connectivity index (χ0n) is 21.6. The molecule has 0 saturated heterocycles. The van der Waals surface area contributed by atoms with Crippen molar-refractivity contribution in [2.24, 2.45) is 5.10 Å². The SMILES string of the molecule is CCOC(=O)C1=C(C)NC(=S)N[C@@H]1c1ccccc1OCC(=O)NN=Cc1cc(Br)c(OC(C)=O)c(OC)c1. The minimum Gasteiger partial charge on any atom is -0.493 e. The molecule has 206 valence electrons. The molecular weight excluding hydrogens is 592 g/mol. The predicted molar refractivity (Wildman–Crippen MR) is 151 cm³/mol. The van der Waals surface area contributed by atoms with Crippen LogP contribution in [0.25, 0.3) is 0 Å². The maximum absolute atomic E-state index is 12.7. The van der Waals surface area contributed by atoms with Crippen LogP contribution in [0.1, 0.15) is 37.9 Å². The number of nitrogens with zero attached hydrogens (tertiary/aromatic N) is 1. The third-order valence-electron chi connectivity index (χ3n) is 5.25. The summed E-state index contributed by atoms with van der Waals surface area (Å²) in [4.78, 5) is 36.5. The molecule has 11 nitrogen and oxygen atoms in total. The lowest BCUT2D eigenvalue weighted by Gasteiger charge is -2.30. The van der Waals surface area contributed by atoms with Crippen molar-refractivity contribution in [3.05, 3.63) is 63.3 Å². The highest BCUT2D eigenvalue weighted by Crippen LogP contribution is 2.36. The van der Waals surface area contributed by atoms with Crippen LogP contribution in [-0.2, 0) is 19.1 Å². The molecule has 13 heteroatoms. The molecule has 0 spiro atoms.